The zero-order valence-electron chi connectivity index (χ0n) is 13.5. The molecule has 0 aliphatic carbocycles. The van der Waals surface area contributed by atoms with Crippen LogP contribution in [0.25, 0.3) is 0 Å². The average Bonchev–Trinajstić information content (AvgIpc) is 2.48. The lowest BCUT2D eigenvalue weighted by Crippen LogP contribution is -2.23. The maximum atomic E-state index is 11.0. The molecule has 0 unspecified atom stereocenters. The molecule has 0 spiro atoms. The van der Waals surface area contributed by atoms with Crippen LogP contribution in [0.1, 0.15) is 18.1 Å². The Hall–Kier alpha value is -2.82. The third kappa shape index (κ3) is 5.82. The van der Waals surface area contributed by atoms with Gasteiger partial charge in [0, 0.05) is 24.8 Å². The molecule has 0 saturated heterocycles. The van der Waals surface area contributed by atoms with Gasteiger partial charge in [-0.05, 0) is 48.7 Å². The van der Waals surface area contributed by atoms with Crippen molar-refractivity contribution in [3.05, 3.63) is 59.7 Å². The molecule has 5 heteroatoms. The van der Waals surface area contributed by atoms with Gasteiger partial charge in [-0.15, -0.1) is 0 Å². The van der Waals surface area contributed by atoms with Crippen LogP contribution in [0.5, 0.6) is 0 Å². The van der Waals surface area contributed by atoms with Crippen LogP contribution in [0.3, 0.4) is 0 Å². The molecule has 0 aliphatic heterocycles. The summed E-state index contributed by atoms with van der Waals surface area (Å²) in [6.45, 7) is 4.12. The second kappa shape index (κ2) is 7.98. The van der Waals surface area contributed by atoms with Crippen molar-refractivity contribution in [1.29, 1.82) is 0 Å². The largest absolute Gasteiger partial charge is 0.370 e. The molecule has 0 atom stereocenters. The van der Waals surface area contributed by atoms with Crippen LogP contribution in [0.4, 0.5) is 11.4 Å². The lowest BCUT2D eigenvalue weighted by atomic mass is 10.1. The van der Waals surface area contributed by atoms with Gasteiger partial charge in [-0.3, -0.25) is 9.79 Å². The fourth-order valence-electron chi connectivity index (χ4n) is 2.17. The number of anilines is 2. The summed E-state index contributed by atoms with van der Waals surface area (Å²) in [6, 6.07) is 15.7. The van der Waals surface area contributed by atoms with Gasteiger partial charge in [0.1, 0.15) is 0 Å². The van der Waals surface area contributed by atoms with Gasteiger partial charge in [-0.25, -0.2) is 0 Å². The molecule has 0 bridgehead atoms. The van der Waals surface area contributed by atoms with Gasteiger partial charge in [0.2, 0.25) is 5.91 Å². The first-order valence-electron chi connectivity index (χ1n) is 7.53. The van der Waals surface area contributed by atoms with Gasteiger partial charge in [-0.1, -0.05) is 24.3 Å². The average molecular weight is 310 g/mol. The smallest absolute Gasteiger partial charge is 0.221 e. The molecule has 1 amide bonds. The van der Waals surface area contributed by atoms with Crippen LogP contribution in [-0.2, 0) is 11.2 Å². The van der Waals surface area contributed by atoms with E-state index in [1.54, 1.807) is 0 Å². The molecule has 0 radical (unpaired) electrons. The summed E-state index contributed by atoms with van der Waals surface area (Å²) in [4.78, 5) is 15.3. The van der Waals surface area contributed by atoms with E-state index in [4.69, 9.17) is 5.73 Å². The van der Waals surface area contributed by atoms with Gasteiger partial charge < -0.3 is 16.4 Å². The number of guanidine groups is 1. The van der Waals surface area contributed by atoms with Crippen LogP contribution < -0.4 is 16.4 Å². The molecule has 120 valence electrons. The van der Waals surface area contributed by atoms with Crippen molar-refractivity contribution >= 4 is 23.2 Å². The van der Waals surface area contributed by atoms with Gasteiger partial charge in [0.05, 0.1) is 0 Å². The number of nitrogens with one attached hydrogen (secondary N) is 2. The molecular formula is C18H22N4O. The number of amides is 1. The number of hydrogen-bond acceptors (Lipinski definition) is 2. The summed E-state index contributed by atoms with van der Waals surface area (Å²) < 4.78 is 0. The first kappa shape index (κ1) is 16.5. The maximum absolute atomic E-state index is 11.0. The Labute approximate surface area is 136 Å². The molecule has 0 heterocycles. The van der Waals surface area contributed by atoms with E-state index in [9.17, 15) is 4.79 Å². The van der Waals surface area contributed by atoms with E-state index in [0.717, 1.165) is 23.4 Å². The van der Waals surface area contributed by atoms with Gasteiger partial charge in [0.25, 0.3) is 0 Å². The standard InChI is InChI=1S/C18H22N4O/c1-13-4-3-5-17(12-13)22-18(19)20-11-10-15-6-8-16(9-7-15)21-14(2)23/h3-9,12H,10-11H2,1-2H3,(H,21,23)(H3,19,20,22). The predicted molar refractivity (Wildman–Crippen MR) is 95.7 cm³/mol. The Morgan fingerprint density at radius 1 is 1.09 bits per heavy atom. The molecule has 0 aliphatic rings. The Morgan fingerprint density at radius 3 is 2.48 bits per heavy atom. The third-order valence-electron chi connectivity index (χ3n) is 3.25. The second-order valence-electron chi connectivity index (χ2n) is 5.39. The molecule has 2 aromatic carbocycles. The SMILES string of the molecule is CC(=O)Nc1ccc(CCN=C(N)Nc2cccc(C)c2)cc1. The van der Waals surface area contributed by atoms with Crippen molar-refractivity contribution in [3.63, 3.8) is 0 Å². The van der Waals surface area contributed by atoms with E-state index < -0.39 is 0 Å². The van der Waals surface area contributed by atoms with Crippen LogP contribution in [0, 0.1) is 6.92 Å². The van der Waals surface area contributed by atoms with Crippen molar-refractivity contribution in [1.82, 2.24) is 0 Å². The summed E-state index contributed by atoms with van der Waals surface area (Å²) >= 11 is 0. The molecule has 5 nitrogen and oxygen atoms in total. The second-order valence-corrected chi connectivity index (χ2v) is 5.39. The summed E-state index contributed by atoms with van der Waals surface area (Å²) in [7, 11) is 0. The minimum Gasteiger partial charge on any atom is -0.370 e. The number of nitrogens with two attached hydrogens (primary N) is 1. The molecule has 0 fully saturated rings. The van der Waals surface area contributed by atoms with E-state index in [0.29, 0.717) is 12.5 Å². The molecule has 4 N–H and O–H groups in total. The van der Waals surface area contributed by atoms with Crippen molar-refractivity contribution < 1.29 is 4.79 Å². The van der Waals surface area contributed by atoms with Crippen molar-refractivity contribution in [3.8, 4) is 0 Å². The molecule has 2 aromatic rings. The van der Waals surface area contributed by atoms with Gasteiger partial charge in [-0.2, -0.15) is 0 Å². The number of rotatable bonds is 5. The lowest BCUT2D eigenvalue weighted by molar-refractivity contribution is -0.114. The fourth-order valence-corrected chi connectivity index (χ4v) is 2.17. The Kier molecular flexibility index (Phi) is 5.74. The summed E-state index contributed by atoms with van der Waals surface area (Å²) in [6.07, 6.45) is 0.788. The number of nitrogens with zero attached hydrogens (tertiary/aromatic N) is 1. The number of carbonyl (C=O) groups excluding carboxylic acids is 1. The minimum atomic E-state index is -0.0719. The van der Waals surface area contributed by atoms with Crippen molar-refractivity contribution in [2.45, 2.75) is 20.3 Å². The maximum Gasteiger partial charge on any atom is 0.221 e. The number of aryl methyl sites for hydroxylation is 1. The number of benzene rings is 2. The van der Waals surface area contributed by atoms with Crippen molar-refractivity contribution in [2.24, 2.45) is 10.7 Å². The van der Waals surface area contributed by atoms with Gasteiger partial charge in [0.15, 0.2) is 5.96 Å². The van der Waals surface area contributed by atoms with E-state index >= 15 is 0 Å². The zero-order valence-corrected chi connectivity index (χ0v) is 13.5. The lowest BCUT2D eigenvalue weighted by Gasteiger charge is -2.07. The molecule has 23 heavy (non-hydrogen) atoms. The highest BCUT2D eigenvalue weighted by Gasteiger charge is 1.98. The number of hydrogen-bond donors (Lipinski definition) is 3. The van der Waals surface area contributed by atoms with E-state index in [-0.39, 0.29) is 5.91 Å². The van der Waals surface area contributed by atoms with E-state index in [2.05, 4.69) is 15.6 Å². The monoisotopic (exact) mass is 310 g/mol. The first-order chi connectivity index (χ1) is 11.0. The summed E-state index contributed by atoms with van der Waals surface area (Å²) in [5, 5.41) is 5.82. The molecule has 2 rings (SSSR count). The van der Waals surface area contributed by atoms with Crippen LogP contribution in [-0.4, -0.2) is 18.4 Å². The number of carbonyl (C=O) groups is 1. The predicted octanol–water partition coefficient (Wildman–Crippen LogP) is 2.92. The highest BCUT2D eigenvalue weighted by molar-refractivity contribution is 5.92. The van der Waals surface area contributed by atoms with E-state index in [1.807, 2.05) is 55.5 Å². The molecule has 0 saturated carbocycles. The molecule has 0 aromatic heterocycles. The van der Waals surface area contributed by atoms with Crippen LogP contribution >= 0.6 is 0 Å². The first-order valence-corrected chi connectivity index (χ1v) is 7.53. The summed E-state index contributed by atoms with van der Waals surface area (Å²) in [5.74, 6) is 0.336. The van der Waals surface area contributed by atoms with Gasteiger partial charge >= 0.3 is 0 Å². The minimum absolute atomic E-state index is 0.0719. The normalized spacial score (nSPS) is 11.1. The number of aliphatic imine (C=N–C) groups is 1. The van der Waals surface area contributed by atoms with Crippen LogP contribution in [0.2, 0.25) is 0 Å². The van der Waals surface area contributed by atoms with Crippen LogP contribution in [0.15, 0.2) is 53.5 Å². The zero-order chi connectivity index (χ0) is 16.7. The van der Waals surface area contributed by atoms with E-state index in [1.165, 1.54) is 12.5 Å². The highest BCUT2D eigenvalue weighted by atomic mass is 16.1. The highest BCUT2D eigenvalue weighted by Crippen LogP contribution is 2.11. The summed E-state index contributed by atoms with van der Waals surface area (Å²) in [5.41, 5.74) is 9.94. The quantitative estimate of drug-likeness (QED) is 0.587. The Morgan fingerprint density at radius 2 is 1.83 bits per heavy atom. The third-order valence-corrected chi connectivity index (χ3v) is 3.25. The van der Waals surface area contributed by atoms with Crippen molar-refractivity contribution in [2.75, 3.05) is 17.2 Å². The fraction of sp³-hybridized carbons (Fsp3) is 0.222. The topological polar surface area (TPSA) is 79.5 Å². The molecular weight excluding hydrogens is 288 g/mol. The Bertz CT molecular complexity index is 692. The Balaban J connectivity index is 1.84.